The summed E-state index contributed by atoms with van der Waals surface area (Å²) in [4.78, 5) is 12.2. The number of nitrogens with two attached hydrogens (primary N) is 1. The summed E-state index contributed by atoms with van der Waals surface area (Å²) in [6.45, 7) is 0. The SMILES string of the molecule is Nc1cccc(Cl)c1NC(=O)C1CC1c1ccccc1. The van der Waals surface area contributed by atoms with E-state index in [9.17, 15) is 4.79 Å². The van der Waals surface area contributed by atoms with Gasteiger partial charge < -0.3 is 11.1 Å². The van der Waals surface area contributed by atoms with Gasteiger partial charge in [-0.1, -0.05) is 48.0 Å². The van der Waals surface area contributed by atoms with E-state index in [0.29, 0.717) is 22.3 Å². The van der Waals surface area contributed by atoms with Crippen LogP contribution in [0.25, 0.3) is 0 Å². The second kappa shape index (κ2) is 5.17. The molecule has 0 saturated heterocycles. The Morgan fingerprint density at radius 1 is 1.15 bits per heavy atom. The minimum absolute atomic E-state index is 0.00747. The van der Waals surface area contributed by atoms with Gasteiger partial charge in [0, 0.05) is 5.92 Å². The normalized spacial score (nSPS) is 20.4. The van der Waals surface area contributed by atoms with Crippen LogP contribution in [0.1, 0.15) is 17.9 Å². The standard InChI is InChI=1S/C16H15ClN2O/c17-13-7-4-8-14(18)15(13)19-16(20)12-9-11(12)10-5-2-1-3-6-10/h1-8,11-12H,9,18H2,(H,19,20). The number of carbonyl (C=O) groups excluding carboxylic acids is 1. The zero-order valence-electron chi connectivity index (χ0n) is 10.8. The average molecular weight is 287 g/mol. The number of amides is 1. The fraction of sp³-hybridized carbons (Fsp3) is 0.188. The summed E-state index contributed by atoms with van der Waals surface area (Å²) in [6.07, 6.45) is 0.875. The number of hydrogen-bond acceptors (Lipinski definition) is 2. The fourth-order valence-corrected chi connectivity index (χ4v) is 2.67. The van der Waals surface area contributed by atoms with Gasteiger partial charge in [0.1, 0.15) is 0 Å². The van der Waals surface area contributed by atoms with E-state index >= 15 is 0 Å². The van der Waals surface area contributed by atoms with E-state index in [1.54, 1.807) is 18.2 Å². The molecule has 0 aliphatic heterocycles. The molecule has 1 aliphatic rings. The van der Waals surface area contributed by atoms with Gasteiger partial charge in [-0.3, -0.25) is 4.79 Å². The Morgan fingerprint density at radius 3 is 2.60 bits per heavy atom. The van der Waals surface area contributed by atoms with Crippen molar-refractivity contribution in [2.45, 2.75) is 12.3 Å². The number of nitrogens with one attached hydrogen (secondary N) is 1. The fourth-order valence-electron chi connectivity index (χ4n) is 2.44. The summed E-state index contributed by atoms with van der Waals surface area (Å²) in [5.74, 6) is 0.298. The lowest BCUT2D eigenvalue weighted by atomic mass is 10.1. The number of rotatable bonds is 3. The highest BCUT2D eigenvalue weighted by molar-refractivity contribution is 6.34. The predicted octanol–water partition coefficient (Wildman–Crippen LogP) is 3.66. The third-order valence-electron chi connectivity index (χ3n) is 3.65. The van der Waals surface area contributed by atoms with Gasteiger partial charge in [0.15, 0.2) is 0 Å². The topological polar surface area (TPSA) is 55.1 Å². The van der Waals surface area contributed by atoms with Crippen LogP contribution in [0.2, 0.25) is 5.02 Å². The zero-order chi connectivity index (χ0) is 14.1. The minimum atomic E-state index is -0.0151. The van der Waals surface area contributed by atoms with Crippen molar-refractivity contribution in [3.8, 4) is 0 Å². The molecule has 1 saturated carbocycles. The molecule has 3 nitrogen and oxygen atoms in total. The molecule has 1 amide bonds. The molecule has 3 rings (SSSR count). The number of carbonyl (C=O) groups is 1. The molecule has 1 fully saturated rings. The van der Waals surface area contributed by atoms with Crippen molar-refractivity contribution in [2.75, 3.05) is 11.1 Å². The van der Waals surface area contributed by atoms with Crippen molar-refractivity contribution in [1.82, 2.24) is 0 Å². The Bertz CT molecular complexity index is 622. The first-order valence-electron chi connectivity index (χ1n) is 6.56. The van der Waals surface area contributed by atoms with E-state index in [1.807, 2.05) is 18.2 Å². The highest BCUT2D eigenvalue weighted by Crippen LogP contribution is 2.48. The summed E-state index contributed by atoms with van der Waals surface area (Å²) in [6, 6.07) is 15.3. The molecule has 0 bridgehead atoms. The lowest BCUT2D eigenvalue weighted by molar-refractivity contribution is -0.117. The van der Waals surface area contributed by atoms with E-state index < -0.39 is 0 Å². The summed E-state index contributed by atoms with van der Waals surface area (Å²) in [5, 5.41) is 3.31. The van der Waals surface area contributed by atoms with Crippen molar-refractivity contribution in [2.24, 2.45) is 5.92 Å². The van der Waals surface area contributed by atoms with Gasteiger partial charge in [-0.05, 0) is 30.0 Å². The van der Waals surface area contributed by atoms with Gasteiger partial charge in [0.2, 0.25) is 5.91 Å². The van der Waals surface area contributed by atoms with Gasteiger partial charge in [-0.2, -0.15) is 0 Å². The number of para-hydroxylation sites is 1. The van der Waals surface area contributed by atoms with Crippen LogP contribution in [0.4, 0.5) is 11.4 Å². The van der Waals surface area contributed by atoms with Gasteiger partial charge in [-0.25, -0.2) is 0 Å². The highest BCUT2D eigenvalue weighted by Gasteiger charge is 2.44. The summed E-state index contributed by atoms with van der Waals surface area (Å²) in [5.41, 5.74) is 8.05. The molecule has 1 aliphatic carbocycles. The van der Waals surface area contributed by atoms with Crippen LogP contribution in [0.15, 0.2) is 48.5 Å². The van der Waals surface area contributed by atoms with Crippen LogP contribution >= 0.6 is 11.6 Å². The van der Waals surface area contributed by atoms with Crippen LogP contribution in [0.5, 0.6) is 0 Å². The number of hydrogen-bond donors (Lipinski definition) is 2. The Labute approximate surface area is 122 Å². The van der Waals surface area contributed by atoms with Gasteiger partial charge in [-0.15, -0.1) is 0 Å². The first-order chi connectivity index (χ1) is 9.66. The van der Waals surface area contributed by atoms with Crippen molar-refractivity contribution in [1.29, 1.82) is 0 Å². The molecule has 0 aromatic heterocycles. The molecule has 0 spiro atoms. The molecular weight excluding hydrogens is 272 g/mol. The maximum Gasteiger partial charge on any atom is 0.228 e. The number of benzene rings is 2. The van der Waals surface area contributed by atoms with Crippen molar-refractivity contribution in [3.63, 3.8) is 0 Å². The first kappa shape index (κ1) is 13.0. The van der Waals surface area contributed by atoms with E-state index in [2.05, 4.69) is 17.4 Å². The van der Waals surface area contributed by atoms with Gasteiger partial charge in [0.25, 0.3) is 0 Å². The lowest BCUT2D eigenvalue weighted by Gasteiger charge is -2.09. The molecular formula is C16H15ClN2O. The van der Waals surface area contributed by atoms with Crippen LogP contribution < -0.4 is 11.1 Å². The molecule has 102 valence electrons. The maximum absolute atomic E-state index is 12.2. The number of halogens is 1. The first-order valence-corrected chi connectivity index (χ1v) is 6.94. The summed E-state index contributed by atoms with van der Waals surface area (Å²) < 4.78 is 0. The molecule has 3 N–H and O–H groups in total. The Morgan fingerprint density at radius 2 is 1.90 bits per heavy atom. The molecule has 0 heterocycles. The second-order valence-corrected chi connectivity index (χ2v) is 5.46. The quantitative estimate of drug-likeness (QED) is 0.846. The number of anilines is 2. The van der Waals surface area contributed by atoms with E-state index in [-0.39, 0.29) is 11.8 Å². The number of nitrogen functional groups attached to an aromatic ring is 1. The van der Waals surface area contributed by atoms with E-state index in [0.717, 1.165) is 6.42 Å². The largest absolute Gasteiger partial charge is 0.397 e. The minimum Gasteiger partial charge on any atom is -0.397 e. The molecule has 0 radical (unpaired) electrons. The lowest BCUT2D eigenvalue weighted by Crippen LogP contribution is -2.16. The Hall–Kier alpha value is -2.00. The summed E-state index contributed by atoms with van der Waals surface area (Å²) in [7, 11) is 0. The molecule has 20 heavy (non-hydrogen) atoms. The molecule has 4 heteroatoms. The smallest absolute Gasteiger partial charge is 0.228 e. The third kappa shape index (κ3) is 2.49. The van der Waals surface area contributed by atoms with Crippen LogP contribution in [-0.2, 0) is 4.79 Å². The molecule has 2 aromatic carbocycles. The van der Waals surface area contributed by atoms with Crippen molar-refractivity contribution < 1.29 is 4.79 Å². The molecule has 2 atom stereocenters. The molecule has 2 aromatic rings. The van der Waals surface area contributed by atoms with Crippen LogP contribution in [-0.4, -0.2) is 5.91 Å². The predicted molar refractivity (Wildman–Crippen MR) is 81.8 cm³/mol. The highest BCUT2D eigenvalue weighted by atomic mass is 35.5. The Kier molecular flexibility index (Phi) is 3.36. The molecule has 2 unspecified atom stereocenters. The maximum atomic E-state index is 12.2. The average Bonchev–Trinajstić information content (AvgIpc) is 3.24. The van der Waals surface area contributed by atoms with E-state index in [4.69, 9.17) is 17.3 Å². The van der Waals surface area contributed by atoms with Gasteiger partial charge in [0.05, 0.1) is 16.4 Å². The second-order valence-electron chi connectivity index (χ2n) is 5.05. The zero-order valence-corrected chi connectivity index (χ0v) is 11.6. The van der Waals surface area contributed by atoms with E-state index in [1.165, 1.54) is 5.56 Å². The Balaban J connectivity index is 1.70. The van der Waals surface area contributed by atoms with Crippen molar-refractivity contribution in [3.05, 3.63) is 59.1 Å². The van der Waals surface area contributed by atoms with Crippen molar-refractivity contribution >= 4 is 28.9 Å². The monoisotopic (exact) mass is 286 g/mol. The van der Waals surface area contributed by atoms with Gasteiger partial charge >= 0.3 is 0 Å². The van der Waals surface area contributed by atoms with Crippen LogP contribution in [0.3, 0.4) is 0 Å². The van der Waals surface area contributed by atoms with Crippen LogP contribution in [0, 0.1) is 5.92 Å². The third-order valence-corrected chi connectivity index (χ3v) is 3.96. The summed E-state index contributed by atoms with van der Waals surface area (Å²) >= 11 is 6.06.